The van der Waals surface area contributed by atoms with Crippen LogP contribution in [-0.4, -0.2) is 25.9 Å². The Labute approximate surface area is 143 Å². The van der Waals surface area contributed by atoms with Crippen molar-refractivity contribution in [2.75, 3.05) is 19.8 Å². The monoisotopic (exact) mass is 323 g/mol. The zero-order chi connectivity index (χ0) is 16.4. The molecular weight excluding hydrogens is 286 g/mol. The highest BCUT2D eigenvalue weighted by molar-refractivity contribution is 4.67. The van der Waals surface area contributed by atoms with E-state index in [1.807, 2.05) is 0 Å². The van der Waals surface area contributed by atoms with Crippen LogP contribution in [0.3, 0.4) is 0 Å². The Bertz CT molecular complexity index is 282. The van der Waals surface area contributed by atoms with E-state index in [0.717, 1.165) is 32.7 Å². The normalized spacial score (nSPS) is 18.0. The largest absolute Gasteiger partial charge is 0.381 e. The zero-order valence-corrected chi connectivity index (χ0v) is 15.1. The minimum atomic E-state index is 0.555. The van der Waals surface area contributed by atoms with Crippen LogP contribution in [0.25, 0.3) is 0 Å². The summed E-state index contributed by atoms with van der Waals surface area (Å²) in [7, 11) is 0. The summed E-state index contributed by atoms with van der Waals surface area (Å²) in [5, 5.41) is 8.45. The van der Waals surface area contributed by atoms with Gasteiger partial charge in [-0.1, -0.05) is 44.9 Å². The standard InChI is InChI=1S/C20H37NO2/c21-16-10-5-2-1-3-6-11-17-22-18-12-7-4-8-14-20-15-9-13-19-23-20/h20H,1-15,17-19H2. The van der Waals surface area contributed by atoms with Crippen molar-refractivity contribution in [1.29, 1.82) is 5.26 Å². The molecule has 0 aromatic heterocycles. The Hall–Kier alpha value is -0.590. The number of nitriles is 1. The first-order valence-electron chi connectivity index (χ1n) is 10.00. The highest BCUT2D eigenvalue weighted by atomic mass is 16.5. The van der Waals surface area contributed by atoms with Gasteiger partial charge in [-0.2, -0.15) is 5.26 Å². The molecule has 1 fully saturated rings. The van der Waals surface area contributed by atoms with Crippen molar-refractivity contribution in [2.45, 2.75) is 102 Å². The van der Waals surface area contributed by atoms with Crippen LogP contribution in [-0.2, 0) is 9.47 Å². The van der Waals surface area contributed by atoms with Crippen LogP contribution in [0.15, 0.2) is 0 Å². The maximum Gasteiger partial charge on any atom is 0.0621 e. The molecule has 0 N–H and O–H groups in total. The number of ether oxygens (including phenoxy) is 2. The molecule has 1 unspecified atom stereocenters. The lowest BCUT2D eigenvalue weighted by atomic mass is 10.0. The smallest absolute Gasteiger partial charge is 0.0621 e. The molecule has 1 atom stereocenters. The molecular formula is C20H37NO2. The van der Waals surface area contributed by atoms with E-state index in [0.29, 0.717) is 6.10 Å². The Morgan fingerprint density at radius 2 is 1.48 bits per heavy atom. The molecule has 1 aliphatic rings. The number of unbranched alkanes of at least 4 members (excludes halogenated alkanes) is 9. The van der Waals surface area contributed by atoms with E-state index in [1.165, 1.54) is 83.5 Å². The van der Waals surface area contributed by atoms with Gasteiger partial charge in [-0.3, -0.25) is 0 Å². The topological polar surface area (TPSA) is 42.2 Å². The van der Waals surface area contributed by atoms with Crippen LogP contribution >= 0.6 is 0 Å². The molecule has 134 valence electrons. The van der Waals surface area contributed by atoms with Crippen molar-refractivity contribution in [1.82, 2.24) is 0 Å². The summed E-state index contributed by atoms with van der Waals surface area (Å²) in [5.41, 5.74) is 0. The van der Waals surface area contributed by atoms with E-state index in [9.17, 15) is 0 Å². The third-order valence-electron chi connectivity index (χ3n) is 4.67. The lowest BCUT2D eigenvalue weighted by Crippen LogP contribution is -2.18. The molecule has 0 aromatic rings. The van der Waals surface area contributed by atoms with Gasteiger partial charge in [-0.25, -0.2) is 0 Å². The van der Waals surface area contributed by atoms with Crippen LogP contribution in [0.5, 0.6) is 0 Å². The van der Waals surface area contributed by atoms with Gasteiger partial charge in [0.2, 0.25) is 0 Å². The van der Waals surface area contributed by atoms with Crippen LogP contribution < -0.4 is 0 Å². The van der Waals surface area contributed by atoms with Gasteiger partial charge in [-0.05, 0) is 44.9 Å². The molecule has 0 radical (unpaired) electrons. The molecule has 23 heavy (non-hydrogen) atoms. The Morgan fingerprint density at radius 3 is 2.13 bits per heavy atom. The number of nitrogens with zero attached hydrogens (tertiary/aromatic N) is 1. The average molecular weight is 324 g/mol. The Balaban J connectivity index is 1.68. The summed E-state index contributed by atoms with van der Waals surface area (Å²) in [6, 6.07) is 2.20. The molecule has 0 saturated carbocycles. The molecule has 0 aromatic carbocycles. The van der Waals surface area contributed by atoms with E-state index in [2.05, 4.69) is 6.07 Å². The van der Waals surface area contributed by atoms with Crippen molar-refractivity contribution in [3.8, 4) is 6.07 Å². The summed E-state index contributed by atoms with van der Waals surface area (Å²) >= 11 is 0. The van der Waals surface area contributed by atoms with E-state index < -0.39 is 0 Å². The predicted octanol–water partition coefficient (Wildman–Crippen LogP) is 5.78. The minimum absolute atomic E-state index is 0.555. The van der Waals surface area contributed by atoms with Crippen LogP contribution in [0, 0.1) is 11.3 Å². The molecule has 3 nitrogen and oxygen atoms in total. The quantitative estimate of drug-likeness (QED) is 0.359. The first-order valence-corrected chi connectivity index (χ1v) is 10.00. The van der Waals surface area contributed by atoms with Gasteiger partial charge < -0.3 is 9.47 Å². The fraction of sp³-hybridized carbons (Fsp3) is 0.950. The molecule has 0 spiro atoms. The number of hydrogen-bond donors (Lipinski definition) is 0. The fourth-order valence-electron chi connectivity index (χ4n) is 3.18. The van der Waals surface area contributed by atoms with Gasteiger partial charge in [0.25, 0.3) is 0 Å². The van der Waals surface area contributed by atoms with E-state index in [1.54, 1.807) is 0 Å². The molecule has 1 rings (SSSR count). The van der Waals surface area contributed by atoms with Gasteiger partial charge in [0.15, 0.2) is 0 Å². The molecule has 3 heteroatoms. The number of rotatable bonds is 15. The second-order valence-electron chi connectivity index (χ2n) is 6.83. The summed E-state index contributed by atoms with van der Waals surface area (Å²) in [4.78, 5) is 0. The van der Waals surface area contributed by atoms with Crippen molar-refractivity contribution >= 4 is 0 Å². The molecule has 0 aliphatic carbocycles. The lowest BCUT2D eigenvalue weighted by Gasteiger charge is -2.22. The molecule has 0 amide bonds. The summed E-state index contributed by atoms with van der Waals surface area (Å²) < 4.78 is 11.5. The van der Waals surface area contributed by atoms with Crippen LogP contribution in [0.2, 0.25) is 0 Å². The van der Waals surface area contributed by atoms with Crippen LogP contribution in [0.1, 0.15) is 96.3 Å². The zero-order valence-electron chi connectivity index (χ0n) is 15.1. The summed E-state index contributed by atoms with van der Waals surface area (Å²) in [5.74, 6) is 0. The highest BCUT2D eigenvalue weighted by Gasteiger charge is 2.12. The van der Waals surface area contributed by atoms with Crippen molar-refractivity contribution in [3.05, 3.63) is 0 Å². The average Bonchev–Trinajstić information content (AvgIpc) is 2.59. The minimum Gasteiger partial charge on any atom is -0.381 e. The van der Waals surface area contributed by atoms with E-state index in [-0.39, 0.29) is 0 Å². The molecule has 1 saturated heterocycles. The lowest BCUT2D eigenvalue weighted by molar-refractivity contribution is 0.00968. The van der Waals surface area contributed by atoms with Crippen molar-refractivity contribution in [3.63, 3.8) is 0 Å². The maximum atomic E-state index is 8.45. The summed E-state index contributed by atoms with van der Waals surface area (Å²) in [6.07, 6.45) is 18.9. The number of hydrogen-bond acceptors (Lipinski definition) is 3. The molecule has 0 bridgehead atoms. The Kier molecular flexibility index (Phi) is 14.5. The maximum absolute atomic E-state index is 8.45. The van der Waals surface area contributed by atoms with Gasteiger partial charge in [0.05, 0.1) is 12.2 Å². The molecule has 1 aliphatic heterocycles. The van der Waals surface area contributed by atoms with Crippen molar-refractivity contribution < 1.29 is 9.47 Å². The first kappa shape index (κ1) is 20.5. The van der Waals surface area contributed by atoms with Gasteiger partial charge in [-0.15, -0.1) is 0 Å². The Morgan fingerprint density at radius 1 is 0.826 bits per heavy atom. The first-order chi connectivity index (χ1) is 11.4. The van der Waals surface area contributed by atoms with Gasteiger partial charge in [0, 0.05) is 26.2 Å². The third kappa shape index (κ3) is 13.5. The third-order valence-corrected chi connectivity index (χ3v) is 4.67. The van der Waals surface area contributed by atoms with Crippen molar-refractivity contribution in [2.24, 2.45) is 0 Å². The van der Waals surface area contributed by atoms with Gasteiger partial charge in [0.1, 0.15) is 0 Å². The molecule has 1 heterocycles. The highest BCUT2D eigenvalue weighted by Crippen LogP contribution is 2.18. The summed E-state index contributed by atoms with van der Waals surface area (Å²) in [6.45, 7) is 2.84. The fourth-order valence-corrected chi connectivity index (χ4v) is 3.18. The second-order valence-corrected chi connectivity index (χ2v) is 6.83. The van der Waals surface area contributed by atoms with Gasteiger partial charge >= 0.3 is 0 Å². The SMILES string of the molecule is N#CCCCCCCCCOCCCCCCC1CCCCO1. The second kappa shape index (κ2) is 16.3. The predicted molar refractivity (Wildman–Crippen MR) is 95.4 cm³/mol. The van der Waals surface area contributed by atoms with E-state index in [4.69, 9.17) is 14.7 Å². The van der Waals surface area contributed by atoms with E-state index >= 15 is 0 Å². The van der Waals surface area contributed by atoms with Crippen LogP contribution in [0.4, 0.5) is 0 Å².